The fraction of sp³-hybridized carbons (Fsp3) is 0.357. The fourth-order valence-corrected chi connectivity index (χ4v) is 4.68. The Labute approximate surface area is 218 Å². The van der Waals surface area contributed by atoms with Crippen LogP contribution in [0.25, 0.3) is 17.0 Å². The largest absolute Gasteiger partial charge is 0.416 e. The third-order valence-electron chi connectivity index (χ3n) is 6.83. The molecule has 0 unspecified atom stereocenters. The summed E-state index contributed by atoms with van der Waals surface area (Å²) < 4.78 is 41.2. The highest BCUT2D eigenvalue weighted by Crippen LogP contribution is 2.32. The van der Waals surface area contributed by atoms with Gasteiger partial charge in [0.1, 0.15) is 0 Å². The van der Waals surface area contributed by atoms with Crippen LogP contribution in [0.3, 0.4) is 0 Å². The van der Waals surface area contributed by atoms with Crippen LogP contribution in [0, 0.1) is 0 Å². The molecule has 0 bridgehead atoms. The number of aromatic nitrogens is 4. The molecular formula is C28H29F3N6O. The van der Waals surface area contributed by atoms with E-state index in [1.807, 2.05) is 34.1 Å². The van der Waals surface area contributed by atoms with Crippen LogP contribution in [0.1, 0.15) is 47.7 Å². The van der Waals surface area contributed by atoms with E-state index in [1.165, 1.54) is 35.2 Å². The summed E-state index contributed by atoms with van der Waals surface area (Å²) in [4.78, 5) is 25.6. The van der Waals surface area contributed by atoms with Crippen LogP contribution in [0.2, 0.25) is 0 Å². The fourth-order valence-electron chi connectivity index (χ4n) is 4.68. The van der Waals surface area contributed by atoms with Crippen LogP contribution in [0.5, 0.6) is 0 Å². The van der Waals surface area contributed by atoms with Gasteiger partial charge >= 0.3 is 6.18 Å². The van der Waals surface area contributed by atoms with Crippen molar-refractivity contribution in [2.24, 2.45) is 0 Å². The molecule has 2 aromatic heterocycles. The van der Waals surface area contributed by atoms with Crippen molar-refractivity contribution in [1.29, 1.82) is 0 Å². The molecule has 0 spiro atoms. The van der Waals surface area contributed by atoms with Gasteiger partial charge in [-0.3, -0.25) is 4.79 Å². The maximum absolute atomic E-state index is 13.2. The quantitative estimate of drug-likeness (QED) is 0.300. The number of rotatable bonds is 7. The SMILES string of the molecule is CCCCCc1ccc(C(=O)N2CCN(c3nc4nccc(-c5cccc(C(F)(F)F)c5)n4n3)CC2)cc1. The van der Waals surface area contributed by atoms with Gasteiger partial charge in [-0.25, -0.2) is 4.98 Å². The summed E-state index contributed by atoms with van der Waals surface area (Å²) in [6.45, 7) is 4.29. The summed E-state index contributed by atoms with van der Waals surface area (Å²) >= 11 is 0. The van der Waals surface area contributed by atoms with Gasteiger partial charge in [0.2, 0.25) is 5.95 Å². The number of nitrogens with zero attached hydrogens (tertiary/aromatic N) is 6. The Kier molecular flexibility index (Phi) is 7.31. The molecule has 0 N–H and O–H groups in total. The van der Waals surface area contributed by atoms with Crippen LogP contribution in [0.4, 0.5) is 19.1 Å². The molecule has 0 aliphatic carbocycles. The first kappa shape index (κ1) is 25.7. The van der Waals surface area contributed by atoms with E-state index in [2.05, 4.69) is 22.0 Å². The third-order valence-corrected chi connectivity index (χ3v) is 6.83. The van der Waals surface area contributed by atoms with Crippen LogP contribution in [0.15, 0.2) is 60.8 Å². The molecule has 1 saturated heterocycles. The summed E-state index contributed by atoms with van der Waals surface area (Å²) in [5, 5.41) is 4.56. The number of hydrogen-bond acceptors (Lipinski definition) is 5. The smallest absolute Gasteiger partial charge is 0.336 e. The van der Waals surface area contributed by atoms with Crippen molar-refractivity contribution in [3.05, 3.63) is 77.5 Å². The number of carbonyl (C=O) groups excluding carboxylic acids is 1. The minimum atomic E-state index is -4.44. The summed E-state index contributed by atoms with van der Waals surface area (Å²) in [7, 11) is 0. The van der Waals surface area contributed by atoms with Crippen molar-refractivity contribution < 1.29 is 18.0 Å². The monoisotopic (exact) mass is 522 g/mol. The number of alkyl halides is 3. The number of amides is 1. The molecule has 3 heterocycles. The molecule has 5 rings (SSSR count). The number of aryl methyl sites for hydroxylation is 1. The van der Waals surface area contributed by atoms with Gasteiger partial charge in [-0.15, -0.1) is 5.10 Å². The highest BCUT2D eigenvalue weighted by atomic mass is 19.4. The van der Waals surface area contributed by atoms with E-state index in [0.717, 1.165) is 25.0 Å². The lowest BCUT2D eigenvalue weighted by Crippen LogP contribution is -2.49. The van der Waals surface area contributed by atoms with E-state index in [4.69, 9.17) is 0 Å². The van der Waals surface area contributed by atoms with E-state index >= 15 is 0 Å². The van der Waals surface area contributed by atoms with E-state index in [9.17, 15) is 18.0 Å². The average molecular weight is 523 g/mol. The molecule has 1 amide bonds. The molecule has 1 aliphatic heterocycles. The first-order valence-corrected chi connectivity index (χ1v) is 12.9. The summed E-state index contributed by atoms with van der Waals surface area (Å²) in [5.74, 6) is 0.731. The number of benzene rings is 2. The molecule has 0 atom stereocenters. The molecule has 2 aromatic carbocycles. The van der Waals surface area contributed by atoms with E-state index in [0.29, 0.717) is 54.7 Å². The lowest BCUT2D eigenvalue weighted by molar-refractivity contribution is -0.137. The van der Waals surface area contributed by atoms with Crippen molar-refractivity contribution in [3.63, 3.8) is 0 Å². The molecule has 198 valence electrons. The Morgan fingerprint density at radius 2 is 1.74 bits per heavy atom. The Hall–Kier alpha value is -3.95. The molecule has 7 nitrogen and oxygen atoms in total. The molecular weight excluding hydrogens is 493 g/mol. The minimum Gasteiger partial charge on any atom is -0.336 e. The molecule has 4 aromatic rings. The zero-order valence-electron chi connectivity index (χ0n) is 21.2. The molecule has 0 radical (unpaired) electrons. The zero-order valence-corrected chi connectivity index (χ0v) is 21.2. The number of piperazine rings is 1. The summed E-state index contributed by atoms with van der Waals surface area (Å²) in [5.41, 5.74) is 2.03. The van der Waals surface area contributed by atoms with Gasteiger partial charge in [0.05, 0.1) is 11.3 Å². The van der Waals surface area contributed by atoms with Gasteiger partial charge in [-0.05, 0) is 48.7 Å². The Morgan fingerprint density at radius 3 is 2.45 bits per heavy atom. The van der Waals surface area contributed by atoms with E-state index < -0.39 is 11.7 Å². The topological polar surface area (TPSA) is 66.6 Å². The first-order chi connectivity index (χ1) is 18.3. The van der Waals surface area contributed by atoms with Gasteiger partial charge < -0.3 is 9.80 Å². The average Bonchev–Trinajstić information content (AvgIpc) is 3.38. The normalized spacial score (nSPS) is 14.3. The second kappa shape index (κ2) is 10.8. The second-order valence-electron chi connectivity index (χ2n) is 9.47. The predicted molar refractivity (Wildman–Crippen MR) is 139 cm³/mol. The van der Waals surface area contributed by atoms with Crippen LogP contribution in [-0.2, 0) is 12.6 Å². The molecule has 10 heteroatoms. The molecule has 1 fully saturated rings. The highest BCUT2D eigenvalue weighted by molar-refractivity contribution is 5.94. The molecule has 0 saturated carbocycles. The lowest BCUT2D eigenvalue weighted by atomic mass is 10.0. The zero-order chi connectivity index (χ0) is 26.7. The van der Waals surface area contributed by atoms with Gasteiger partial charge in [0.15, 0.2) is 0 Å². The first-order valence-electron chi connectivity index (χ1n) is 12.9. The number of hydrogen-bond donors (Lipinski definition) is 0. The number of anilines is 1. The van der Waals surface area contributed by atoms with Crippen molar-refractivity contribution in [3.8, 4) is 11.3 Å². The van der Waals surface area contributed by atoms with Gasteiger partial charge in [0, 0.05) is 43.5 Å². The van der Waals surface area contributed by atoms with Gasteiger partial charge in [-0.2, -0.15) is 22.7 Å². The molecule has 38 heavy (non-hydrogen) atoms. The summed E-state index contributed by atoms with van der Waals surface area (Å²) in [6, 6.07) is 14.6. The summed E-state index contributed by atoms with van der Waals surface area (Å²) in [6.07, 6.45) is 1.63. The Bertz CT molecular complexity index is 1410. The van der Waals surface area contributed by atoms with Crippen LogP contribution >= 0.6 is 0 Å². The second-order valence-corrected chi connectivity index (χ2v) is 9.47. The van der Waals surface area contributed by atoms with E-state index in [1.54, 1.807) is 12.1 Å². The molecule has 1 aliphatic rings. The highest BCUT2D eigenvalue weighted by Gasteiger charge is 2.31. The van der Waals surface area contributed by atoms with Crippen molar-refractivity contribution in [1.82, 2.24) is 24.5 Å². The van der Waals surface area contributed by atoms with Crippen LogP contribution < -0.4 is 4.90 Å². The Balaban J connectivity index is 1.27. The van der Waals surface area contributed by atoms with Crippen molar-refractivity contribution >= 4 is 17.6 Å². The lowest BCUT2D eigenvalue weighted by Gasteiger charge is -2.34. The third kappa shape index (κ3) is 5.49. The number of unbranched alkanes of at least 4 members (excludes halogenated alkanes) is 2. The Morgan fingerprint density at radius 1 is 0.974 bits per heavy atom. The predicted octanol–water partition coefficient (Wildman–Crippen LogP) is 5.51. The minimum absolute atomic E-state index is 0.00113. The number of halogens is 3. The standard InChI is InChI=1S/C28H29F3N6O/c1-2-3-4-6-20-9-11-21(12-10-20)25(38)35-15-17-36(18-16-35)27-33-26-32-14-13-24(37(26)34-27)22-7-5-8-23(19-22)28(29,30)31/h5,7-14,19H,2-4,6,15-18H2,1H3. The maximum atomic E-state index is 13.2. The van der Waals surface area contributed by atoms with Gasteiger partial charge in [0.25, 0.3) is 11.7 Å². The van der Waals surface area contributed by atoms with Crippen molar-refractivity contribution in [2.45, 2.75) is 38.8 Å². The number of carbonyl (C=O) groups is 1. The van der Waals surface area contributed by atoms with Gasteiger partial charge in [-0.1, -0.05) is 44.0 Å². The van der Waals surface area contributed by atoms with E-state index in [-0.39, 0.29) is 5.91 Å². The van der Waals surface area contributed by atoms with Crippen LogP contribution in [-0.4, -0.2) is 56.6 Å². The maximum Gasteiger partial charge on any atom is 0.416 e. The van der Waals surface area contributed by atoms with Crippen molar-refractivity contribution in [2.75, 3.05) is 31.1 Å². The number of fused-ring (bicyclic) bond motifs is 1.